The van der Waals surface area contributed by atoms with Crippen LogP contribution in [-0.2, 0) is 0 Å². The van der Waals surface area contributed by atoms with Crippen molar-refractivity contribution in [3.05, 3.63) is 46.6 Å². The van der Waals surface area contributed by atoms with Crippen molar-refractivity contribution in [2.24, 2.45) is 5.11 Å². The van der Waals surface area contributed by atoms with E-state index < -0.39 is 0 Å². The van der Waals surface area contributed by atoms with Crippen molar-refractivity contribution in [1.29, 1.82) is 0 Å². The maximum Gasteiger partial charge on any atom is 0.0292 e. The number of azide groups is 1. The number of hydrogen-bond acceptors (Lipinski definition) is 2. The third-order valence-electron chi connectivity index (χ3n) is 1.48. The largest absolute Gasteiger partial charge is 0.265 e. The van der Waals surface area contributed by atoms with E-state index in [1.54, 1.807) is 12.4 Å². The monoisotopic (exact) mass is 174 g/mol. The van der Waals surface area contributed by atoms with E-state index in [2.05, 4.69) is 15.0 Å². The first-order chi connectivity index (χ1) is 6.43. The molecule has 1 aromatic heterocycles. The van der Waals surface area contributed by atoms with Crippen LogP contribution in [0.4, 0.5) is 0 Å². The summed E-state index contributed by atoms with van der Waals surface area (Å²) in [5, 5.41) is 3.42. The van der Waals surface area contributed by atoms with Crippen LogP contribution in [0.1, 0.15) is 12.0 Å². The molecule has 0 aliphatic rings. The van der Waals surface area contributed by atoms with Gasteiger partial charge >= 0.3 is 0 Å². The molecule has 0 saturated heterocycles. The third kappa shape index (κ3) is 3.94. The van der Waals surface area contributed by atoms with Crippen LogP contribution in [0.5, 0.6) is 0 Å². The van der Waals surface area contributed by atoms with E-state index >= 15 is 0 Å². The lowest BCUT2D eigenvalue weighted by atomic mass is 10.2. The highest BCUT2D eigenvalue weighted by Crippen LogP contribution is 1.99. The average molecular weight is 174 g/mol. The van der Waals surface area contributed by atoms with Crippen LogP contribution in [0, 0.1) is 0 Å². The van der Waals surface area contributed by atoms with Gasteiger partial charge in [-0.2, -0.15) is 0 Å². The summed E-state index contributed by atoms with van der Waals surface area (Å²) in [5.41, 5.74) is 9.12. The lowest BCUT2D eigenvalue weighted by Gasteiger charge is -1.89. The van der Waals surface area contributed by atoms with Gasteiger partial charge in [-0.05, 0) is 29.6 Å². The van der Waals surface area contributed by atoms with Gasteiger partial charge in [0, 0.05) is 23.9 Å². The van der Waals surface area contributed by atoms with Gasteiger partial charge in [-0.25, -0.2) is 0 Å². The highest BCUT2D eigenvalue weighted by atomic mass is 15.1. The average Bonchev–Trinajstić information content (AvgIpc) is 2.19. The quantitative estimate of drug-likeness (QED) is 0.299. The van der Waals surface area contributed by atoms with Crippen molar-refractivity contribution in [3.8, 4) is 0 Å². The molecule has 1 aromatic rings. The molecule has 4 nitrogen and oxygen atoms in total. The second-order valence-corrected chi connectivity index (χ2v) is 2.43. The van der Waals surface area contributed by atoms with Crippen LogP contribution in [0.3, 0.4) is 0 Å². The summed E-state index contributed by atoms with van der Waals surface area (Å²) in [6.45, 7) is 0.512. The van der Waals surface area contributed by atoms with Gasteiger partial charge in [0.25, 0.3) is 0 Å². The first-order valence-corrected chi connectivity index (χ1v) is 4.01. The van der Waals surface area contributed by atoms with Gasteiger partial charge < -0.3 is 0 Å². The smallest absolute Gasteiger partial charge is 0.0292 e. The molecule has 66 valence electrons. The van der Waals surface area contributed by atoms with Crippen molar-refractivity contribution >= 4 is 6.08 Å². The molecule has 0 unspecified atom stereocenters. The van der Waals surface area contributed by atoms with Crippen LogP contribution in [0.25, 0.3) is 16.5 Å². The molecule has 0 bridgehead atoms. The zero-order chi connectivity index (χ0) is 9.36. The van der Waals surface area contributed by atoms with Crippen LogP contribution >= 0.6 is 0 Å². The molecule has 0 amide bonds. The number of aromatic nitrogens is 1. The summed E-state index contributed by atoms with van der Waals surface area (Å²) >= 11 is 0. The molecule has 0 aliphatic carbocycles. The predicted molar refractivity (Wildman–Crippen MR) is 51.9 cm³/mol. The van der Waals surface area contributed by atoms with Crippen molar-refractivity contribution < 1.29 is 0 Å². The Labute approximate surface area is 76.6 Å². The molecule has 0 radical (unpaired) electrons. The predicted octanol–water partition coefficient (Wildman–Crippen LogP) is 2.80. The summed E-state index contributed by atoms with van der Waals surface area (Å²) in [6, 6.07) is 3.84. The SMILES string of the molecule is [N-]=[N+]=NCC/C=C\c1ccncc1. The normalized spacial score (nSPS) is 9.85. The van der Waals surface area contributed by atoms with Crippen LogP contribution < -0.4 is 0 Å². The Morgan fingerprint density at radius 3 is 2.92 bits per heavy atom. The van der Waals surface area contributed by atoms with Gasteiger partial charge in [-0.1, -0.05) is 17.3 Å². The molecular formula is C9H10N4. The van der Waals surface area contributed by atoms with Crippen LogP contribution in [0.2, 0.25) is 0 Å². The maximum absolute atomic E-state index is 8.01. The topological polar surface area (TPSA) is 61.7 Å². The Morgan fingerprint density at radius 1 is 1.46 bits per heavy atom. The van der Waals surface area contributed by atoms with E-state index in [1.807, 2.05) is 24.3 Å². The number of rotatable bonds is 4. The van der Waals surface area contributed by atoms with Crippen molar-refractivity contribution in [2.45, 2.75) is 6.42 Å². The van der Waals surface area contributed by atoms with E-state index in [-0.39, 0.29) is 0 Å². The van der Waals surface area contributed by atoms with Gasteiger partial charge in [0.05, 0.1) is 0 Å². The Hall–Kier alpha value is -1.80. The molecule has 1 heterocycles. The number of pyridine rings is 1. The zero-order valence-electron chi connectivity index (χ0n) is 7.17. The third-order valence-corrected chi connectivity index (χ3v) is 1.48. The van der Waals surface area contributed by atoms with E-state index in [9.17, 15) is 0 Å². The molecule has 4 heteroatoms. The highest BCUT2D eigenvalue weighted by molar-refractivity contribution is 5.47. The molecule has 0 fully saturated rings. The Kier molecular flexibility index (Phi) is 4.14. The second kappa shape index (κ2) is 5.80. The Balaban J connectivity index is 2.36. The molecule has 1 rings (SSSR count). The Morgan fingerprint density at radius 2 is 2.23 bits per heavy atom. The van der Waals surface area contributed by atoms with Gasteiger partial charge in [-0.3, -0.25) is 4.98 Å². The van der Waals surface area contributed by atoms with Gasteiger partial charge in [0.1, 0.15) is 0 Å². The summed E-state index contributed by atoms with van der Waals surface area (Å²) < 4.78 is 0. The molecule has 13 heavy (non-hydrogen) atoms. The van der Waals surface area contributed by atoms with Crippen molar-refractivity contribution in [1.82, 2.24) is 4.98 Å². The lowest BCUT2D eigenvalue weighted by molar-refractivity contribution is 0.995. The van der Waals surface area contributed by atoms with Crippen molar-refractivity contribution in [2.75, 3.05) is 6.54 Å². The maximum atomic E-state index is 8.01. The fourth-order valence-corrected chi connectivity index (χ4v) is 0.871. The first-order valence-electron chi connectivity index (χ1n) is 4.01. The standard InChI is InChI=1S/C9H10N4/c10-13-12-6-2-1-3-9-4-7-11-8-5-9/h1,3-5,7-8H,2,6H2/b3-1-. The fraction of sp³-hybridized carbons (Fsp3) is 0.222. The van der Waals surface area contributed by atoms with Crippen molar-refractivity contribution in [3.63, 3.8) is 0 Å². The highest BCUT2D eigenvalue weighted by Gasteiger charge is 1.82. The van der Waals surface area contributed by atoms with E-state index in [1.165, 1.54) is 0 Å². The minimum absolute atomic E-state index is 0.512. The summed E-state index contributed by atoms with van der Waals surface area (Å²) in [4.78, 5) is 6.56. The molecule has 0 spiro atoms. The minimum Gasteiger partial charge on any atom is -0.265 e. The van der Waals surface area contributed by atoms with Gasteiger partial charge in [-0.15, -0.1) is 0 Å². The fourth-order valence-electron chi connectivity index (χ4n) is 0.871. The van der Waals surface area contributed by atoms with Gasteiger partial charge in [0.2, 0.25) is 0 Å². The van der Waals surface area contributed by atoms with Crippen LogP contribution in [0.15, 0.2) is 35.7 Å². The molecular weight excluding hydrogens is 164 g/mol. The Bertz CT molecular complexity index is 312. The summed E-state index contributed by atoms with van der Waals surface area (Å²) in [7, 11) is 0. The molecule has 0 aliphatic heterocycles. The molecule has 0 aromatic carbocycles. The summed E-state index contributed by atoms with van der Waals surface area (Å²) in [5.74, 6) is 0. The number of nitrogens with zero attached hydrogens (tertiary/aromatic N) is 4. The molecule has 0 N–H and O–H groups in total. The van der Waals surface area contributed by atoms with Crippen LogP contribution in [-0.4, -0.2) is 11.5 Å². The van der Waals surface area contributed by atoms with E-state index in [0.717, 1.165) is 12.0 Å². The van der Waals surface area contributed by atoms with E-state index in [4.69, 9.17) is 5.53 Å². The molecule has 0 atom stereocenters. The zero-order valence-corrected chi connectivity index (χ0v) is 7.17. The van der Waals surface area contributed by atoms with Gasteiger partial charge in [0.15, 0.2) is 0 Å². The lowest BCUT2D eigenvalue weighted by Crippen LogP contribution is -1.74. The summed E-state index contributed by atoms with van der Waals surface area (Å²) in [6.07, 6.45) is 8.21. The van der Waals surface area contributed by atoms with E-state index in [0.29, 0.717) is 6.54 Å². The number of hydrogen-bond donors (Lipinski definition) is 0. The molecule has 0 saturated carbocycles. The first kappa shape index (κ1) is 9.29. The second-order valence-electron chi connectivity index (χ2n) is 2.43. The minimum atomic E-state index is 0.512.